The third-order valence-electron chi connectivity index (χ3n) is 2.58. The summed E-state index contributed by atoms with van der Waals surface area (Å²) in [5.74, 6) is -0.730. The fourth-order valence-electron chi connectivity index (χ4n) is 1.46. The second-order valence-corrected chi connectivity index (χ2v) is 4.31. The molecule has 0 bridgehead atoms. The fourth-order valence-corrected chi connectivity index (χ4v) is 1.46. The van der Waals surface area contributed by atoms with Crippen LogP contribution in [0, 0.1) is 0 Å². The van der Waals surface area contributed by atoms with Gasteiger partial charge in [0, 0.05) is 12.8 Å². The van der Waals surface area contributed by atoms with Gasteiger partial charge in [-0.1, -0.05) is 11.6 Å². The second kappa shape index (κ2) is 7.22. The van der Waals surface area contributed by atoms with Gasteiger partial charge in [0.2, 0.25) is 0 Å². The Bertz CT molecular complexity index is 303. The van der Waals surface area contributed by atoms with E-state index in [1.165, 1.54) is 6.92 Å². The van der Waals surface area contributed by atoms with Crippen LogP contribution >= 0.6 is 0 Å². The zero-order valence-electron chi connectivity index (χ0n) is 11.1. The van der Waals surface area contributed by atoms with Crippen molar-refractivity contribution in [1.82, 2.24) is 0 Å². The average molecular weight is 242 g/mol. The van der Waals surface area contributed by atoms with E-state index < -0.39 is 11.6 Å². The summed E-state index contributed by atoms with van der Waals surface area (Å²) >= 11 is 0. The first-order valence-corrected chi connectivity index (χ1v) is 5.86. The molecule has 0 saturated carbocycles. The van der Waals surface area contributed by atoms with Gasteiger partial charge in [0.15, 0.2) is 5.78 Å². The molecule has 4 nitrogen and oxygen atoms in total. The third kappa shape index (κ3) is 6.22. The van der Waals surface area contributed by atoms with Gasteiger partial charge in [-0.05, 0) is 27.7 Å². The molecule has 0 radical (unpaired) electrons. The molecule has 0 fully saturated rings. The molecule has 1 atom stereocenters. The van der Waals surface area contributed by atoms with Crippen LogP contribution in [-0.4, -0.2) is 29.1 Å². The summed E-state index contributed by atoms with van der Waals surface area (Å²) < 4.78 is 4.72. The van der Waals surface area contributed by atoms with E-state index in [0.29, 0.717) is 13.0 Å². The molecule has 0 amide bonds. The quantitative estimate of drug-likeness (QED) is 0.548. The first kappa shape index (κ1) is 15.8. The lowest BCUT2D eigenvalue weighted by molar-refractivity contribution is -0.146. The normalized spacial score (nSPS) is 15.2. The molecule has 0 rings (SSSR count). The predicted octanol–water partition coefficient (Wildman–Crippen LogP) is 2.01. The van der Waals surface area contributed by atoms with Crippen LogP contribution in [0.25, 0.3) is 0 Å². The molecule has 0 heterocycles. The summed E-state index contributed by atoms with van der Waals surface area (Å²) in [7, 11) is 0. The van der Waals surface area contributed by atoms with Crippen LogP contribution in [-0.2, 0) is 14.3 Å². The Hall–Kier alpha value is -1.16. The van der Waals surface area contributed by atoms with Crippen molar-refractivity contribution in [3.63, 3.8) is 0 Å². The zero-order chi connectivity index (χ0) is 13.5. The van der Waals surface area contributed by atoms with E-state index in [1.54, 1.807) is 6.92 Å². The van der Waals surface area contributed by atoms with Gasteiger partial charge >= 0.3 is 5.97 Å². The molecule has 4 heteroatoms. The van der Waals surface area contributed by atoms with Gasteiger partial charge < -0.3 is 9.84 Å². The topological polar surface area (TPSA) is 63.6 Å². The molecule has 17 heavy (non-hydrogen) atoms. The van der Waals surface area contributed by atoms with Crippen molar-refractivity contribution in [1.29, 1.82) is 0 Å². The van der Waals surface area contributed by atoms with Crippen molar-refractivity contribution in [2.24, 2.45) is 0 Å². The van der Waals surface area contributed by atoms with Crippen LogP contribution in [0.5, 0.6) is 0 Å². The average Bonchev–Trinajstić information content (AvgIpc) is 2.25. The van der Waals surface area contributed by atoms with Crippen molar-refractivity contribution in [2.75, 3.05) is 6.61 Å². The number of ether oxygens (including phenoxy) is 1. The molecular weight excluding hydrogens is 220 g/mol. The van der Waals surface area contributed by atoms with Crippen LogP contribution in [0.1, 0.15) is 47.0 Å². The maximum Gasteiger partial charge on any atom is 0.306 e. The van der Waals surface area contributed by atoms with E-state index >= 15 is 0 Å². The first-order chi connectivity index (χ1) is 7.83. The molecule has 0 aliphatic heterocycles. The molecule has 1 unspecified atom stereocenters. The summed E-state index contributed by atoms with van der Waals surface area (Å²) in [4.78, 5) is 22.8. The minimum absolute atomic E-state index is 0.0167. The van der Waals surface area contributed by atoms with Crippen molar-refractivity contribution in [3.8, 4) is 0 Å². The number of ketones is 1. The van der Waals surface area contributed by atoms with E-state index in [2.05, 4.69) is 0 Å². The van der Waals surface area contributed by atoms with Crippen LogP contribution in [0.3, 0.4) is 0 Å². The summed E-state index contributed by atoms with van der Waals surface area (Å²) in [5, 5.41) is 9.98. The maximum atomic E-state index is 11.7. The van der Waals surface area contributed by atoms with Crippen LogP contribution in [0.4, 0.5) is 0 Å². The predicted molar refractivity (Wildman–Crippen MR) is 65.5 cm³/mol. The van der Waals surface area contributed by atoms with Gasteiger partial charge in [-0.3, -0.25) is 9.59 Å². The molecule has 0 spiro atoms. The highest BCUT2D eigenvalue weighted by Gasteiger charge is 2.30. The van der Waals surface area contributed by atoms with E-state index in [1.807, 2.05) is 19.9 Å². The number of hydrogen-bond acceptors (Lipinski definition) is 4. The molecule has 0 aliphatic carbocycles. The Morgan fingerprint density at radius 2 is 1.94 bits per heavy atom. The van der Waals surface area contributed by atoms with E-state index in [-0.39, 0.29) is 18.6 Å². The monoisotopic (exact) mass is 242 g/mol. The lowest BCUT2D eigenvalue weighted by atomic mass is 9.90. The van der Waals surface area contributed by atoms with Gasteiger partial charge in [0.1, 0.15) is 5.60 Å². The Labute approximate surface area is 103 Å². The van der Waals surface area contributed by atoms with E-state index in [0.717, 1.165) is 5.57 Å². The molecular formula is C13H22O4. The maximum absolute atomic E-state index is 11.7. The first-order valence-electron chi connectivity index (χ1n) is 5.86. The SMILES string of the molecule is C/C=C(\C)CC(C)(O)C(=O)CCC(=O)OCC. The Morgan fingerprint density at radius 1 is 1.35 bits per heavy atom. The Balaban J connectivity index is 4.25. The van der Waals surface area contributed by atoms with Crippen molar-refractivity contribution in [3.05, 3.63) is 11.6 Å². The van der Waals surface area contributed by atoms with Gasteiger partial charge in [-0.2, -0.15) is 0 Å². The van der Waals surface area contributed by atoms with Crippen LogP contribution in [0.2, 0.25) is 0 Å². The summed E-state index contributed by atoms with van der Waals surface area (Å²) in [6, 6.07) is 0. The third-order valence-corrected chi connectivity index (χ3v) is 2.58. The molecule has 0 aromatic rings. The standard InChI is InChI=1S/C13H22O4/c1-5-10(3)9-13(4,16)11(14)7-8-12(15)17-6-2/h5,16H,6-9H2,1-4H3/b10-5+. The van der Waals surface area contributed by atoms with Crippen LogP contribution < -0.4 is 0 Å². The summed E-state index contributed by atoms with van der Waals surface area (Å²) in [6.45, 7) is 7.21. The summed E-state index contributed by atoms with van der Waals surface area (Å²) in [5.41, 5.74) is -0.456. The number of esters is 1. The Morgan fingerprint density at radius 3 is 2.41 bits per heavy atom. The van der Waals surface area contributed by atoms with Crippen LogP contribution in [0.15, 0.2) is 11.6 Å². The van der Waals surface area contributed by atoms with Gasteiger partial charge in [-0.25, -0.2) is 0 Å². The molecule has 0 aromatic heterocycles. The number of rotatable bonds is 7. The number of carbonyl (C=O) groups excluding carboxylic acids is 2. The fraction of sp³-hybridized carbons (Fsp3) is 0.692. The highest BCUT2D eigenvalue weighted by Crippen LogP contribution is 2.19. The lowest BCUT2D eigenvalue weighted by Gasteiger charge is -2.21. The number of aliphatic hydroxyl groups is 1. The Kier molecular flexibility index (Phi) is 6.73. The number of allylic oxidation sites excluding steroid dienone is 1. The highest BCUT2D eigenvalue weighted by molar-refractivity contribution is 5.89. The van der Waals surface area contributed by atoms with Crippen molar-refractivity contribution < 1.29 is 19.4 Å². The second-order valence-electron chi connectivity index (χ2n) is 4.31. The zero-order valence-corrected chi connectivity index (χ0v) is 11.1. The van der Waals surface area contributed by atoms with E-state index in [9.17, 15) is 14.7 Å². The summed E-state index contributed by atoms with van der Waals surface area (Å²) in [6.07, 6.45) is 2.19. The van der Waals surface area contributed by atoms with Crippen molar-refractivity contribution >= 4 is 11.8 Å². The highest BCUT2D eigenvalue weighted by atomic mass is 16.5. The number of carbonyl (C=O) groups is 2. The largest absolute Gasteiger partial charge is 0.466 e. The minimum atomic E-state index is -1.40. The lowest BCUT2D eigenvalue weighted by Crippen LogP contribution is -2.35. The smallest absolute Gasteiger partial charge is 0.306 e. The molecule has 0 aromatic carbocycles. The number of Topliss-reactive ketones (excluding diaryl/α,β-unsaturated/α-hetero) is 1. The molecule has 98 valence electrons. The van der Waals surface area contributed by atoms with Crippen molar-refractivity contribution in [2.45, 2.75) is 52.6 Å². The minimum Gasteiger partial charge on any atom is -0.466 e. The number of hydrogen-bond donors (Lipinski definition) is 1. The van der Waals surface area contributed by atoms with Gasteiger partial charge in [0.25, 0.3) is 0 Å². The molecule has 0 aliphatic rings. The van der Waals surface area contributed by atoms with Gasteiger partial charge in [-0.15, -0.1) is 0 Å². The van der Waals surface area contributed by atoms with E-state index in [4.69, 9.17) is 4.74 Å². The molecule has 1 N–H and O–H groups in total. The molecule has 0 saturated heterocycles. The van der Waals surface area contributed by atoms with Gasteiger partial charge in [0.05, 0.1) is 13.0 Å².